The van der Waals surface area contributed by atoms with Crippen LogP contribution in [0.4, 0.5) is 0 Å². The molecule has 4 atom stereocenters. The summed E-state index contributed by atoms with van der Waals surface area (Å²) in [5, 5.41) is 0. The van der Waals surface area contributed by atoms with Gasteiger partial charge in [-0.2, -0.15) is 0 Å². The number of nitrogens with zero attached hydrogens (tertiary/aromatic N) is 1. The molecule has 1 unspecified atom stereocenters. The summed E-state index contributed by atoms with van der Waals surface area (Å²) in [6.45, 7) is 6.55. The average molecular weight is 345 g/mol. The molecular weight excluding hydrogens is 322 g/mol. The molecule has 4 heterocycles. The Morgan fingerprint density at radius 3 is 2.72 bits per heavy atom. The molecule has 4 aliphatic heterocycles. The molecule has 2 bridgehead atoms. The summed E-state index contributed by atoms with van der Waals surface area (Å²) < 4.78 is 23.2. The molecule has 0 aromatic heterocycles. The molecule has 1 aromatic carbocycles. The Morgan fingerprint density at radius 2 is 1.88 bits per heavy atom. The summed E-state index contributed by atoms with van der Waals surface area (Å²) in [6.07, 6.45) is 1.00. The Balaban J connectivity index is 1.55. The van der Waals surface area contributed by atoms with Gasteiger partial charge in [-0.3, -0.25) is 9.69 Å². The Kier molecular flexibility index (Phi) is 3.39. The predicted molar refractivity (Wildman–Crippen MR) is 88.6 cm³/mol. The van der Waals surface area contributed by atoms with E-state index in [1.807, 2.05) is 26.0 Å². The first-order valence-corrected chi connectivity index (χ1v) is 9.02. The number of fused-ring (bicyclic) bond motifs is 7. The smallest absolute Gasteiger partial charge is 0.231 e. The van der Waals surface area contributed by atoms with E-state index in [9.17, 15) is 4.79 Å². The number of ether oxygens (including phenoxy) is 4. The van der Waals surface area contributed by atoms with E-state index < -0.39 is 5.79 Å². The number of carbonyl (C=O) groups is 1. The summed E-state index contributed by atoms with van der Waals surface area (Å²) in [5.74, 6) is 1.03. The van der Waals surface area contributed by atoms with Gasteiger partial charge in [-0.1, -0.05) is 0 Å². The summed E-state index contributed by atoms with van der Waals surface area (Å²) in [6, 6.07) is 4.06. The molecule has 0 radical (unpaired) electrons. The van der Waals surface area contributed by atoms with Gasteiger partial charge in [-0.05, 0) is 50.1 Å². The molecule has 0 spiro atoms. The first-order chi connectivity index (χ1) is 12.0. The summed E-state index contributed by atoms with van der Waals surface area (Å²) in [7, 11) is 0. The third kappa shape index (κ3) is 2.63. The highest BCUT2D eigenvalue weighted by atomic mass is 16.8. The van der Waals surface area contributed by atoms with Crippen LogP contribution in [-0.2, 0) is 20.8 Å². The lowest BCUT2D eigenvalue weighted by Gasteiger charge is -2.26. The Morgan fingerprint density at radius 1 is 1.12 bits per heavy atom. The number of rotatable bonds is 0. The molecule has 4 aliphatic rings. The van der Waals surface area contributed by atoms with E-state index in [0.29, 0.717) is 6.42 Å². The van der Waals surface area contributed by atoms with Gasteiger partial charge in [0.2, 0.25) is 6.79 Å². The van der Waals surface area contributed by atoms with Gasteiger partial charge < -0.3 is 18.9 Å². The fraction of sp³-hybridized carbons (Fsp3) is 0.632. The van der Waals surface area contributed by atoms with Crippen molar-refractivity contribution in [1.82, 2.24) is 4.90 Å². The van der Waals surface area contributed by atoms with Crippen molar-refractivity contribution < 1.29 is 23.7 Å². The largest absolute Gasteiger partial charge is 0.454 e. The predicted octanol–water partition coefficient (Wildman–Crippen LogP) is 2.20. The van der Waals surface area contributed by atoms with Crippen molar-refractivity contribution >= 4 is 5.78 Å². The highest BCUT2D eigenvalue weighted by molar-refractivity contribution is 5.87. The van der Waals surface area contributed by atoms with E-state index in [0.717, 1.165) is 48.7 Å². The Bertz CT molecular complexity index is 731. The molecule has 134 valence electrons. The summed E-state index contributed by atoms with van der Waals surface area (Å²) in [5.41, 5.74) is 2.25. The molecule has 0 N–H and O–H groups in total. The first kappa shape index (κ1) is 15.6. The van der Waals surface area contributed by atoms with E-state index in [4.69, 9.17) is 18.9 Å². The van der Waals surface area contributed by atoms with Gasteiger partial charge in [0.25, 0.3) is 0 Å². The average Bonchev–Trinajstić information content (AvgIpc) is 3.05. The highest BCUT2D eigenvalue weighted by Crippen LogP contribution is 2.42. The molecule has 0 amide bonds. The van der Waals surface area contributed by atoms with Crippen molar-refractivity contribution in [2.45, 2.75) is 57.1 Å². The standard InChI is InChI=1S/C19H23NO5/c1-19(2)24-17-7-14(21)12-3-4-20(9-18(17)25-19)8-11-5-15-16(6-13(11)12)23-10-22-15/h5-6,12,17-18H,3-4,7-10H2,1-2H3/t12-,17+,18+/m0/s1. The third-order valence-corrected chi connectivity index (χ3v) is 5.65. The van der Waals surface area contributed by atoms with E-state index in [-0.39, 0.29) is 30.7 Å². The van der Waals surface area contributed by atoms with Crippen LogP contribution in [-0.4, -0.2) is 48.6 Å². The van der Waals surface area contributed by atoms with Crippen LogP contribution in [0.15, 0.2) is 12.1 Å². The topological polar surface area (TPSA) is 57.2 Å². The molecule has 5 rings (SSSR count). The number of hydrogen-bond acceptors (Lipinski definition) is 6. The SMILES string of the molecule is CC1(C)O[C@@H]2CC(=O)[C@H]3CCN(Cc4cc5c(cc43)OCO5)C[C@H]2O1. The van der Waals surface area contributed by atoms with E-state index in [1.54, 1.807) is 0 Å². The Labute approximate surface area is 147 Å². The molecule has 1 aromatic rings. The minimum absolute atomic E-state index is 0.0618. The zero-order valence-electron chi connectivity index (χ0n) is 14.6. The maximum absolute atomic E-state index is 13.1. The van der Waals surface area contributed by atoms with Gasteiger partial charge in [0, 0.05) is 25.4 Å². The first-order valence-electron chi connectivity index (χ1n) is 9.02. The molecule has 2 fully saturated rings. The number of hydrogen-bond donors (Lipinski definition) is 0. The molecule has 0 aliphatic carbocycles. The number of benzene rings is 1. The molecule has 6 heteroatoms. The van der Waals surface area contributed by atoms with Crippen LogP contribution < -0.4 is 9.47 Å². The van der Waals surface area contributed by atoms with Crippen molar-refractivity contribution in [3.8, 4) is 11.5 Å². The normalized spacial score (nSPS) is 35.4. The fourth-order valence-electron chi connectivity index (χ4n) is 4.57. The summed E-state index contributed by atoms with van der Waals surface area (Å²) >= 11 is 0. The number of Topliss-reactive ketones (excluding diaryl/α,β-unsaturated/α-hetero) is 1. The lowest BCUT2D eigenvalue weighted by Crippen LogP contribution is -2.38. The van der Waals surface area contributed by atoms with Crippen molar-refractivity contribution in [1.29, 1.82) is 0 Å². The third-order valence-electron chi connectivity index (χ3n) is 5.65. The molecular formula is C19H23NO5. The minimum atomic E-state index is -0.625. The maximum atomic E-state index is 13.1. The van der Waals surface area contributed by atoms with Gasteiger partial charge in [-0.25, -0.2) is 0 Å². The number of ketones is 1. The monoisotopic (exact) mass is 345 g/mol. The van der Waals surface area contributed by atoms with E-state index >= 15 is 0 Å². The molecule has 2 saturated heterocycles. The van der Waals surface area contributed by atoms with Gasteiger partial charge >= 0.3 is 0 Å². The van der Waals surface area contributed by atoms with Crippen LogP contribution in [0.1, 0.15) is 43.7 Å². The van der Waals surface area contributed by atoms with Crippen molar-refractivity contribution in [3.63, 3.8) is 0 Å². The quantitative estimate of drug-likeness (QED) is 0.718. The van der Waals surface area contributed by atoms with Crippen LogP contribution in [0.2, 0.25) is 0 Å². The van der Waals surface area contributed by atoms with Crippen LogP contribution in [0.3, 0.4) is 0 Å². The second-order valence-corrected chi connectivity index (χ2v) is 7.86. The van der Waals surface area contributed by atoms with Crippen molar-refractivity contribution in [2.24, 2.45) is 0 Å². The fourth-order valence-corrected chi connectivity index (χ4v) is 4.57. The lowest BCUT2D eigenvalue weighted by molar-refractivity contribution is -0.150. The van der Waals surface area contributed by atoms with Crippen LogP contribution >= 0.6 is 0 Å². The molecule has 25 heavy (non-hydrogen) atoms. The van der Waals surface area contributed by atoms with Gasteiger partial charge in [0.15, 0.2) is 17.3 Å². The highest BCUT2D eigenvalue weighted by Gasteiger charge is 2.45. The lowest BCUT2D eigenvalue weighted by atomic mass is 9.86. The van der Waals surface area contributed by atoms with Gasteiger partial charge in [0.1, 0.15) is 11.9 Å². The minimum Gasteiger partial charge on any atom is -0.454 e. The van der Waals surface area contributed by atoms with Crippen LogP contribution in [0.5, 0.6) is 11.5 Å². The van der Waals surface area contributed by atoms with E-state index in [2.05, 4.69) is 4.90 Å². The van der Waals surface area contributed by atoms with Gasteiger partial charge in [-0.15, -0.1) is 0 Å². The van der Waals surface area contributed by atoms with Crippen molar-refractivity contribution in [3.05, 3.63) is 23.3 Å². The van der Waals surface area contributed by atoms with Gasteiger partial charge in [0.05, 0.1) is 6.10 Å². The Hall–Kier alpha value is -1.63. The van der Waals surface area contributed by atoms with Crippen LogP contribution in [0.25, 0.3) is 0 Å². The zero-order valence-corrected chi connectivity index (χ0v) is 14.6. The number of carbonyl (C=O) groups excluding carboxylic acids is 1. The zero-order chi connectivity index (χ0) is 17.2. The molecule has 0 saturated carbocycles. The van der Waals surface area contributed by atoms with Crippen LogP contribution in [0, 0.1) is 0 Å². The maximum Gasteiger partial charge on any atom is 0.231 e. The summed E-state index contributed by atoms with van der Waals surface area (Å²) in [4.78, 5) is 15.5. The van der Waals surface area contributed by atoms with E-state index in [1.165, 1.54) is 0 Å². The second kappa shape index (κ2) is 5.43. The molecule has 6 nitrogen and oxygen atoms in total. The van der Waals surface area contributed by atoms with Crippen molar-refractivity contribution in [2.75, 3.05) is 19.9 Å². The second-order valence-electron chi connectivity index (χ2n) is 7.86.